The van der Waals surface area contributed by atoms with Crippen LogP contribution >= 0.6 is 11.6 Å². The summed E-state index contributed by atoms with van der Waals surface area (Å²) >= 11 is 5.71. The van der Waals surface area contributed by atoms with Crippen LogP contribution in [0.1, 0.15) is 18.5 Å². The van der Waals surface area contributed by atoms with Gasteiger partial charge in [0.1, 0.15) is 11.1 Å². The molecular formula is C12H13ClN4O3. The Morgan fingerprint density at radius 1 is 1.55 bits per heavy atom. The number of benzene rings is 1. The zero-order valence-electron chi connectivity index (χ0n) is 10.7. The molecule has 0 heterocycles. The highest BCUT2D eigenvalue weighted by Gasteiger charge is 2.17. The molecule has 106 valence electrons. The molecule has 2 N–H and O–H groups in total. The van der Waals surface area contributed by atoms with Crippen LogP contribution in [-0.2, 0) is 4.79 Å². The lowest BCUT2D eigenvalue weighted by molar-refractivity contribution is -0.384. The molecule has 0 spiro atoms. The Kier molecular flexibility index (Phi) is 5.90. The van der Waals surface area contributed by atoms with Crippen LogP contribution in [0.4, 0.5) is 5.69 Å². The molecule has 0 aliphatic rings. The van der Waals surface area contributed by atoms with Crippen molar-refractivity contribution in [2.75, 3.05) is 13.1 Å². The standard InChI is InChI=1S/C12H13ClN4O3/c1-8(18)15-4-5-16-11(7-14)9-2-3-10(13)12(6-9)17(19)20/h2-3,6,11,16H,4-5H2,1H3,(H,15,18). The molecule has 1 aromatic rings. The van der Waals surface area contributed by atoms with Crippen LogP contribution < -0.4 is 10.6 Å². The third-order valence-corrected chi connectivity index (χ3v) is 2.80. The fraction of sp³-hybridized carbons (Fsp3) is 0.333. The van der Waals surface area contributed by atoms with Crippen LogP contribution in [0, 0.1) is 21.4 Å². The molecular weight excluding hydrogens is 284 g/mol. The second kappa shape index (κ2) is 7.43. The number of nitrogens with zero attached hydrogens (tertiary/aromatic N) is 2. The zero-order chi connectivity index (χ0) is 15.1. The van der Waals surface area contributed by atoms with Gasteiger partial charge in [-0.05, 0) is 11.6 Å². The summed E-state index contributed by atoms with van der Waals surface area (Å²) in [4.78, 5) is 20.9. The van der Waals surface area contributed by atoms with E-state index in [0.717, 1.165) is 0 Å². The third-order valence-electron chi connectivity index (χ3n) is 2.48. The van der Waals surface area contributed by atoms with Gasteiger partial charge < -0.3 is 5.32 Å². The number of nitriles is 1. The van der Waals surface area contributed by atoms with Gasteiger partial charge in [0.05, 0.1) is 11.0 Å². The molecule has 0 saturated carbocycles. The molecule has 7 nitrogen and oxygen atoms in total. The smallest absolute Gasteiger partial charge is 0.288 e. The maximum absolute atomic E-state index is 10.8. The number of amides is 1. The SMILES string of the molecule is CC(=O)NCCNC(C#N)c1ccc(Cl)c([N+](=O)[O-])c1. The van der Waals surface area contributed by atoms with E-state index in [1.165, 1.54) is 19.1 Å². The van der Waals surface area contributed by atoms with Gasteiger partial charge in [-0.1, -0.05) is 17.7 Å². The van der Waals surface area contributed by atoms with E-state index in [-0.39, 0.29) is 16.6 Å². The van der Waals surface area contributed by atoms with E-state index in [2.05, 4.69) is 10.6 Å². The largest absolute Gasteiger partial charge is 0.355 e. The predicted octanol–water partition coefficient (Wildman–Crippen LogP) is 1.54. The van der Waals surface area contributed by atoms with Crippen molar-refractivity contribution in [2.24, 2.45) is 0 Å². The van der Waals surface area contributed by atoms with Gasteiger partial charge in [0, 0.05) is 26.1 Å². The molecule has 20 heavy (non-hydrogen) atoms. The highest BCUT2D eigenvalue weighted by atomic mass is 35.5. The van der Waals surface area contributed by atoms with Gasteiger partial charge >= 0.3 is 0 Å². The second-order valence-electron chi connectivity index (χ2n) is 3.97. The van der Waals surface area contributed by atoms with Crippen molar-refractivity contribution in [3.63, 3.8) is 0 Å². The number of halogens is 1. The number of carbonyl (C=O) groups is 1. The van der Waals surface area contributed by atoms with Crippen LogP contribution in [0.2, 0.25) is 5.02 Å². The second-order valence-corrected chi connectivity index (χ2v) is 4.37. The number of hydrogen-bond acceptors (Lipinski definition) is 5. The van der Waals surface area contributed by atoms with Crippen molar-refractivity contribution in [1.29, 1.82) is 5.26 Å². The van der Waals surface area contributed by atoms with E-state index in [1.807, 2.05) is 6.07 Å². The Morgan fingerprint density at radius 3 is 2.80 bits per heavy atom. The topological polar surface area (TPSA) is 108 Å². The number of hydrogen-bond donors (Lipinski definition) is 2. The quantitative estimate of drug-likeness (QED) is 0.470. The molecule has 0 saturated heterocycles. The highest BCUT2D eigenvalue weighted by Crippen LogP contribution is 2.27. The van der Waals surface area contributed by atoms with Crippen LogP contribution in [0.25, 0.3) is 0 Å². The van der Waals surface area contributed by atoms with Crippen LogP contribution in [0.15, 0.2) is 18.2 Å². The average Bonchev–Trinajstić information content (AvgIpc) is 2.39. The normalized spacial score (nSPS) is 11.4. The Hall–Kier alpha value is -2.17. The van der Waals surface area contributed by atoms with Crippen molar-refractivity contribution >= 4 is 23.2 Å². The van der Waals surface area contributed by atoms with Gasteiger partial charge in [-0.25, -0.2) is 0 Å². The number of rotatable bonds is 6. The molecule has 0 radical (unpaired) electrons. The Balaban J connectivity index is 2.75. The lowest BCUT2D eigenvalue weighted by Crippen LogP contribution is -2.32. The summed E-state index contributed by atoms with van der Waals surface area (Å²) in [5.41, 5.74) is 0.208. The molecule has 1 atom stereocenters. The number of nitro groups is 1. The molecule has 0 bridgehead atoms. The van der Waals surface area contributed by atoms with Crippen molar-refractivity contribution in [3.8, 4) is 6.07 Å². The number of nitrogens with one attached hydrogen (secondary N) is 2. The summed E-state index contributed by atoms with van der Waals surface area (Å²) in [5, 5.41) is 25.4. The minimum Gasteiger partial charge on any atom is -0.355 e. The highest BCUT2D eigenvalue weighted by molar-refractivity contribution is 6.32. The molecule has 0 aromatic heterocycles. The monoisotopic (exact) mass is 296 g/mol. The molecule has 0 aliphatic carbocycles. The van der Waals surface area contributed by atoms with Crippen LogP contribution in [-0.4, -0.2) is 23.9 Å². The minimum atomic E-state index is -0.709. The maximum atomic E-state index is 10.8. The third kappa shape index (κ3) is 4.50. The minimum absolute atomic E-state index is 0.0219. The van der Waals surface area contributed by atoms with E-state index in [0.29, 0.717) is 18.7 Å². The summed E-state index contributed by atoms with van der Waals surface area (Å²) in [5.74, 6) is -0.164. The molecule has 0 aliphatic heterocycles. The average molecular weight is 297 g/mol. The van der Waals surface area contributed by atoms with E-state index in [4.69, 9.17) is 16.9 Å². The first-order valence-corrected chi connectivity index (χ1v) is 6.14. The Labute approximate surface area is 120 Å². The lowest BCUT2D eigenvalue weighted by atomic mass is 10.1. The van der Waals surface area contributed by atoms with Crippen molar-refractivity contribution in [1.82, 2.24) is 10.6 Å². The van der Waals surface area contributed by atoms with Gasteiger partial charge in [0.15, 0.2) is 0 Å². The summed E-state index contributed by atoms with van der Waals surface area (Å²) in [7, 11) is 0. The zero-order valence-corrected chi connectivity index (χ0v) is 11.5. The number of nitro benzene ring substituents is 1. The number of carbonyl (C=O) groups excluding carboxylic acids is 1. The summed E-state index contributed by atoms with van der Waals surface area (Å²) < 4.78 is 0. The lowest BCUT2D eigenvalue weighted by Gasteiger charge is -2.12. The maximum Gasteiger partial charge on any atom is 0.288 e. The van der Waals surface area contributed by atoms with Gasteiger partial charge in [0.2, 0.25) is 5.91 Å². The molecule has 1 aromatic carbocycles. The molecule has 1 rings (SSSR count). The van der Waals surface area contributed by atoms with E-state index in [9.17, 15) is 14.9 Å². The van der Waals surface area contributed by atoms with E-state index in [1.54, 1.807) is 6.07 Å². The summed E-state index contributed by atoms with van der Waals surface area (Å²) in [6, 6.07) is 5.49. The van der Waals surface area contributed by atoms with E-state index < -0.39 is 11.0 Å². The molecule has 8 heteroatoms. The molecule has 0 fully saturated rings. The van der Waals surface area contributed by atoms with Crippen molar-refractivity contribution < 1.29 is 9.72 Å². The summed E-state index contributed by atoms with van der Waals surface area (Å²) in [6.07, 6.45) is 0. The predicted molar refractivity (Wildman–Crippen MR) is 73.1 cm³/mol. The van der Waals surface area contributed by atoms with Crippen LogP contribution in [0.3, 0.4) is 0 Å². The van der Waals surface area contributed by atoms with Gasteiger partial charge in [-0.2, -0.15) is 5.26 Å². The fourth-order valence-corrected chi connectivity index (χ4v) is 1.73. The van der Waals surface area contributed by atoms with Crippen LogP contribution in [0.5, 0.6) is 0 Å². The first kappa shape index (κ1) is 15.9. The van der Waals surface area contributed by atoms with Gasteiger partial charge in [-0.15, -0.1) is 0 Å². The Bertz CT molecular complexity index is 556. The molecule has 1 unspecified atom stereocenters. The fourth-order valence-electron chi connectivity index (χ4n) is 1.54. The summed E-state index contributed by atoms with van der Waals surface area (Å²) in [6.45, 7) is 2.13. The Morgan fingerprint density at radius 2 is 2.25 bits per heavy atom. The molecule has 1 amide bonds. The van der Waals surface area contributed by atoms with Crippen molar-refractivity contribution in [2.45, 2.75) is 13.0 Å². The first-order valence-electron chi connectivity index (χ1n) is 5.77. The van der Waals surface area contributed by atoms with Gasteiger partial charge in [-0.3, -0.25) is 20.2 Å². The first-order chi connectivity index (χ1) is 9.45. The van der Waals surface area contributed by atoms with E-state index >= 15 is 0 Å². The van der Waals surface area contributed by atoms with Crippen molar-refractivity contribution in [3.05, 3.63) is 38.9 Å². The van der Waals surface area contributed by atoms with Gasteiger partial charge in [0.25, 0.3) is 5.69 Å².